The lowest BCUT2D eigenvalue weighted by Gasteiger charge is -2.35. The second kappa shape index (κ2) is 12.0. The van der Waals surface area contributed by atoms with Crippen LogP contribution in [0, 0.1) is 5.82 Å². The third-order valence-corrected chi connectivity index (χ3v) is 5.87. The molecule has 0 amide bonds. The molecule has 0 spiro atoms. The van der Waals surface area contributed by atoms with E-state index in [0.717, 1.165) is 76.8 Å². The Morgan fingerprint density at radius 2 is 1.97 bits per heavy atom. The van der Waals surface area contributed by atoms with E-state index in [2.05, 4.69) is 39.3 Å². The van der Waals surface area contributed by atoms with E-state index in [1.54, 1.807) is 6.07 Å². The molecule has 170 valence electrons. The molecule has 0 aromatic heterocycles. The topological polar surface area (TPSA) is 52.1 Å². The van der Waals surface area contributed by atoms with Crippen molar-refractivity contribution < 1.29 is 9.13 Å². The molecule has 1 atom stereocenters. The molecule has 1 aromatic carbocycles. The lowest BCUT2D eigenvalue weighted by molar-refractivity contribution is 0.0243. The molecule has 0 bridgehead atoms. The van der Waals surface area contributed by atoms with Crippen molar-refractivity contribution >= 4 is 35.6 Å². The van der Waals surface area contributed by atoms with Gasteiger partial charge in [0.1, 0.15) is 5.82 Å². The zero-order valence-electron chi connectivity index (χ0n) is 18.5. The quantitative estimate of drug-likeness (QED) is 0.321. The summed E-state index contributed by atoms with van der Waals surface area (Å²) in [5, 5.41) is 6.63. The number of guanidine groups is 1. The second-order valence-corrected chi connectivity index (χ2v) is 8.16. The van der Waals surface area contributed by atoms with Gasteiger partial charge in [-0.3, -0.25) is 0 Å². The van der Waals surface area contributed by atoms with E-state index in [1.165, 1.54) is 0 Å². The highest BCUT2D eigenvalue weighted by Gasteiger charge is 2.29. The number of nitrogens with one attached hydrogen (secondary N) is 2. The van der Waals surface area contributed by atoms with E-state index < -0.39 is 0 Å². The molecular weight excluding hydrogens is 496 g/mol. The minimum atomic E-state index is -0.160. The molecule has 2 saturated heterocycles. The van der Waals surface area contributed by atoms with Gasteiger partial charge in [0.2, 0.25) is 0 Å². The Morgan fingerprint density at radius 3 is 2.57 bits per heavy atom. The van der Waals surface area contributed by atoms with E-state index in [9.17, 15) is 4.39 Å². The summed E-state index contributed by atoms with van der Waals surface area (Å²) in [5.74, 6) is 0.580. The number of hydrogen-bond acceptors (Lipinski definition) is 4. The summed E-state index contributed by atoms with van der Waals surface area (Å²) in [6, 6.07) is 5.50. The van der Waals surface area contributed by atoms with Gasteiger partial charge in [0.25, 0.3) is 0 Å². The van der Waals surface area contributed by atoms with Crippen molar-refractivity contribution in [3.05, 3.63) is 29.6 Å². The highest BCUT2D eigenvalue weighted by atomic mass is 127. The maximum absolute atomic E-state index is 14.7. The van der Waals surface area contributed by atoms with Crippen LogP contribution in [0.15, 0.2) is 23.2 Å². The van der Waals surface area contributed by atoms with Crippen LogP contribution in [0.4, 0.5) is 10.1 Å². The summed E-state index contributed by atoms with van der Waals surface area (Å²) in [6.07, 6.45) is 2.16. The number of aliphatic imine (C=N–C) groups is 1. The molecule has 1 unspecified atom stereocenters. The first-order chi connectivity index (χ1) is 14.0. The third-order valence-electron chi connectivity index (χ3n) is 5.87. The third kappa shape index (κ3) is 6.95. The summed E-state index contributed by atoms with van der Waals surface area (Å²) >= 11 is 0. The molecule has 2 aliphatic heterocycles. The predicted octanol–water partition coefficient (Wildman–Crippen LogP) is 3.21. The normalized spacial score (nSPS) is 22.7. The molecule has 6 nitrogen and oxygen atoms in total. The van der Waals surface area contributed by atoms with Crippen molar-refractivity contribution in [1.82, 2.24) is 15.5 Å². The van der Waals surface area contributed by atoms with E-state index in [1.807, 2.05) is 19.1 Å². The maximum Gasteiger partial charge on any atom is 0.191 e. The molecule has 0 saturated carbocycles. The minimum absolute atomic E-state index is 0. The van der Waals surface area contributed by atoms with Gasteiger partial charge in [-0.15, -0.1) is 24.0 Å². The van der Waals surface area contributed by atoms with Crippen molar-refractivity contribution in [3.8, 4) is 0 Å². The average molecular weight is 533 g/mol. The molecule has 0 aliphatic carbocycles. The van der Waals surface area contributed by atoms with Crippen molar-refractivity contribution in [3.63, 3.8) is 0 Å². The molecule has 2 heterocycles. The molecule has 30 heavy (non-hydrogen) atoms. The van der Waals surface area contributed by atoms with Crippen LogP contribution in [-0.2, 0) is 11.3 Å². The number of nitrogens with zero attached hydrogens (tertiary/aromatic N) is 3. The largest absolute Gasteiger partial charge is 0.373 e. The van der Waals surface area contributed by atoms with Crippen LogP contribution in [0.5, 0.6) is 0 Å². The Balaban J connectivity index is 0.00000320. The number of anilines is 1. The number of rotatable bonds is 7. The number of halogens is 2. The summed E-state index contributed by atoms with van der Waals surface area (Å²) in [7, 11) is 0. The molecule has 0 radical (unpaired) electrons. The van der Waals surface area contributed by atoms with Crippen molar-refractivity contribution in [1.29, 1.82) is 0 Å². The summed E-state index contributed by atoms with van der Waals surface area (Å²) in [4.78, 5) is 9.17. The van der Waals surface area contributed by atoms with Gasteiger partial charge in [0.15, 0.2) is 5.96 Å². The number of piperazine rings is 1. The fourth-order valence-electron chi connectivity index (χ4n) is 3.97. The molecule has 8 heteroatoms. The van der Waals surface area contributed by atoms with Gasteiger partial charge in [-0.1, -0.05) is 13.0 Å². The SMILES string of the molecule is CCNC(=NCc1ccc(N2CCN(CC)CC2)c(F)c1)NCC1(C)CCCO1.I. The van der Waals surface area contributed by atoms with Crippen LogP contribution < -0.4 is 15.5 Å². The Kier molecular flexibility index (Phi) is 10.1. The van der Waals surface area contributed by atoms with Gasteiger partial charge in [0, 0.05) is 45.9 Å². The number of ether oxygens (including phenoxy) is 1. The first kappa shape index (κ1) is 25.1. The first-order valence-corrected chi connectivity index (χ1v) is 10.9. The van der Waals surface area contributed by atoms with Crippen LogP contribution in [0.3, 0.4) is 0 Å². The van der Waals surface area contributed by atoms with Crippen LogP contribution in [0.2, 0.25) is 0 Å². The highest BCUT2D eigenvalue weighted by molar-refractivity contribution is 14.0. The molecule has 2 N–H and O–H groups in total. The monoisotopic (exact) mass is 533 g/mol. The van der Waals surface area contributed by atoms with Crippen molar-refractivity contribution in [2.45, 2.75) is 45.8 Å². The number of hydrogen-bond donors (Lipinski definition) is 2. The Bertz CT molecular complexity index is 688. The summed E-state index contributed by atoms with van der Waals surface area (Å²) < 4.78 is 20.6. The van der Waals surface area contributed by atoms with Crippen LogP contribution in [-0.4, -0.2) is 68.9 Å². The first-order valence-electron chi connectivity index (χ1n) is 10.9. The zero-order valence-corrected chi connectivity index (χ0v) is 20.9. The maximum atomic E-state index is 14.7. The van der Waals surface area contributed by atoms with Gasteiger partial charge in [-0.05, 0) is 50.9 Å². The van der Waals surface area contributed by atoms with E-state index in [0.29, 0.717) is 12.2 Å². The number of benzene rings is 1. The standard InChI is InChI=1S/C22H36FN5O.HI/c1-4-24-21(26-17-22(3)9-6-14-29-22)25-16-18-7-8-20(19(23)15-18)28-12-10-27(5-2)11-13-28;/h7-8,15H,4-6,9-14,16-17H2,1-3H3,(H2,24,25,26);1H. The van der Waals surface area contributed by atoms with Gasteiger partial charge in [-0.25, -0.2) is 9.38 Å². The molecule has 1 aromatic rings. The van der Waals surface area contributed by atoms with Crippen LogP contribution in [0.25, 0.3) is 0 Å². The minimum Gasteiger partial charge on any atom is -0.373 e. The molecule has 2 fully saturated rings. The lowest BCUT2D eigenvalue weighted by Crippen LogP contribution is -2.46. The zero-order chi connectivity index (χ0) is 20.7. The smallest absolute Gasteiger partial charge is 0.191 e. The van der Waals surface area contributed by atoms with Crippen molar-refractivity contribution in [2.24, 2.45) is 4.99 Å². The predicted molar refractivity (Wildman–Crippen MR) is 133 cm³/mol. The van der Waals surface area contributed by atoms with E-state index >= 15 is 0 Å². The Morgan fingerprint density at radius 1 is 1.20 bits per heavy atom. The Hall–Kier alpha value is -1.13. The van der Waals surface area contributed by atoms with Gasteiger partial charge in [0.05, 0.1) is 17.8 Å². The average Bonchev–Trinajstić information content (AvgIpc) is 3.17. The molecular formula is C22H37FIN5O. The second-order valence-electron chi connectivity index (χ2n) is 8.16. The summed E-state index contributed by atoms with van der Waals surface area (Å²) in [5.41, 5.74) is 1.44. The number of likely N-dealkylation sites (N-methyl/N-ethyl adjacent to an activating group) is 1. The fraction of sp³-hybridized carbons (Fsp3) is 0.682. The summed E-state index contributed by atoms with van der Waals surface area (Å²) in [6.45, 7) is 13.9. The van der Waals surface area contributed by atoms with Gasteiger partial charge < -0.3 is 25.2 Å². The van der Waals surface area contributed by atoms with Crippen LogP contribution >= 0.6 is 24.0 Å². The van der Waals surface area contributed by atoms with Gasteiger partial charge in [-0.2, -0.15) is 0 Å². The van der Waals surface area contributed by atoms with Crippen LogP contribution in [0.1, 0.15) is 39.2 Å². The highest BCUT2D eigenvalue weighted by Crippen LogP contribution is 2.24. The fourth-order valence-corrected chi connectivity index (χ4v) is 3.97. The van der Waals surface area contributed by atoms with E-state index in [4.69, 9.17) is 4.74 Å². The molecule has 3 rings (SSSR count). The molecule has 2 aliphatic rings. The van der Waals surface area contributed by atoms with Gasteiger partial charge >= 0.3 is 0 Å². The Labute approximate surface area is 197 Å². The lowest BCUT2D eigenvalue weighted by atomic mass is 10.0. The van der Waals surface area contributed by atoms with Crippen molar-refractivity contribution in [2.75, 3.05) is 57.3 Å². The van der Waals surface area contributed by atoms with E-state index in [-0.39, 0.29) is 35.4 Å².